The second-order valence-electron chi connectivity index (χ2n) is 6.68. The van der Waals surface area contributed by atoms with Gasteiger partial charge in [-0.2, -0.15) is 5.10 Å². The number of aromatic nitrogens is 2. The molecule has 5 rings (SSSR count). The molecule has 1 amide bonds. The number of carbonyl (C=O) groups excluding carboxylic acids is 1. The molecule has 4 heterocycles. The highest BCUT2D eigenvalue weighted by atomic mass is 16.1. The maximum atomic E-state index is 12.4. The van der Waals surface area contributed by atoms with Gasteiger partial charge in [-0.25, -0.2) is 0 Å². The Morgan fingerprint density at radius 3 is 3.00 bits per heavy atom. The minimum atomic E-state index is 0.129. The number of H-pyrrole nitrogens is 1. The fourth-order valence-electron chi connectivity index (χ4n) is 4.06. The first kappa shape index (κ1) is 13.8. The predicted molar refractivity (Wildman–Crippen MR) is 85.5 cm³/mol. The van der Waals surface area contributed by atoms with Crippen LogP contribution in [0, 0.1) is 5.92 Å². The van der Waals surface area contributed by atoms with Gasteiger partial charge in [0.1, 0.15) is 0 Å². The Balaban J connectivity index is 1.43. The lowest BCUT2D eigenvalue weighted by Crippen LogP contribution is -2.62. The number of hydrogen-bond acceptors (Lipinski definition) is 3. The van der Waals surface area contributed by atoms with Crippen LogP contribution in [0.2, 0.25) is 0 Å². The van der Waals surface area contributed by atoms with Crippen molar-refractivity contribution in [3.63, 3.8) is 0 Å². The van der Waals surface area contributed by atoms with Crippen LogP contribution in [0.15, 0.2) is 24.4 Å². The molecular formula is C17H22N4O. The molecule has 1 aromatic heterocycles. The van der Waals surface area contributed by atoms with Crippen LogP contribution in [0.4, 0.5) is 0 Å². The normalized spacial score (nSPS) is 30.6. The van der Waals surface area contributed by atoms with E-state index in [2.05, 4.69) is 27.3 Å². The van der Waals surface area contributed by atoms with Gasteiger partial charge in [0.2, 0.25) is 5.91 Å². The van der Waals surface area contributed by atoms with Crippen LogP contribution < -0.4 is 5.32 Å². The van der Waals surface area contributed by atoms with Crippen LogP contribution in [-0.2, 0) is 11.2 Å². The van der Waals surface area contributed by atoms with Crippen molar-refractivity contribution < 1.29 is 4.79 Å². The first-order chi connectivity index (χ1) is 10.7. The molecule has 2 bridgehead atoms. The topological polar surface area (TPSA) is 61.0 Å². The highest BCUT2D eigenvalue weighted by molar-refractivity contribution is 5.83. The lowest BCUT2D eigenvalue weighted by atomic mass is 9.79. The monoisotopic (exact) mass is 298 g/mol. The Morgan fingerprint density at radius 1 is 1.41 bits per heavy atom. The van der Waals surface area contributed by atoms with Gasteiger partial charge in [-0.3, -0.25) is 14.8 Å². The van der Waals surface area contributed by atoms with Crippen molar-refractivity contribution in [1.29, 1.82) is 0 Å². The van der Waals surface area contributed by atoms with Gasteiger partial charge in [0.05, 0.1) is 18.1 Å². The van der Waals surface area contributed by atoms with E-state index in [9.17, 15) is 4.79 Å². The third-order valence-corrected chi connectivity index (χ3v) is 5.38. The van der Waals surface area contributed by atoms with Crippen LogP contribution in [0.25, 0.3) is 10.9 Å². The molecule has 5 heteroatoms. The summed E-state index contributed by atoms with van der Waals surface area (Å²) in [4.78, 5) is 14.9. The Labute approximate surface area is 130 Å². The molecule has 2 atom stereocenters. The number of carbonyl (C=O) groups is 1. The summed E-state index contributed by atoms with van der Waals surface area (Å²) in [5.41, 5.74) is 2.02. The number of benzene rings is 1. The molecule has 1 aromatic carbocycles. The molecule has 2 aromatic rings. The van der Waals surface area contributed by atoms with E-state index in [1.165, 1.54) is 25.9 Å². The van der Waals surface area contributed by atoms with E-state index < -0.39 is 0 Å². The van der Waals surface area contributed by atoms with Crippen molar-refractivity contribution in [2.24, 2.45) is 5.92 Å². The van der Waals surface area contributed by atoms with Crippen LogP contribution in [0.5, 0.6) is 0 Å². The highest BCUT2D eigenvalue weighted by Crippen LogP contribution is 2.32. The number of hydrogen-bond donors (Lipinski definition) is 2. The fraction of sp³-hybridized carbons (Fsp3) is 0.529. The number of aromatic amines is 1. The molecule has 0 unspecified atom stereocenters. The lowest BCUT2D eigenvalue weighted by molar-refractivity contribution is -0.123. The summed E-state index contributed by atoms with van der Waals surface area (Å²) in [6.07, 6.45) is 4.67. The molecule has 22 heavy (non-hydrogen) atoms. The van der Waals surface area contributed by atoms with E-state index in [0.717, 1.165) is 16.5 Å². The fourth-order valence-corrected chi connectivity index (χ4v) is 4.06. The zero-order valence-electron chi connectivity index (χ0n) is 12.9. The summed E-state index contributed by atoms with van der Waals surface area (Å²) in [7, 11) is 0. The smallest absolute Gasteiger partial charge is 0.224 e. The molecule has 3 saturated heterocycles. The second kappa shape index (κ2) is 5.39. The van der Waals surface area contributed by atoms with E-state index in [-0.39, 0.29) is 5.91 Å². The maximum absolute atomic E-state index is 12.4. The largest absolute Gasteiger partial charge is 0.351 e. The maximum Gasteiger partial charge on any atom is 0.224 e. The van der Waals surface area contributed by atoms with Crippen molar-refractivity contribution in [2.75, 3.05) is 13.1 Å². The number of amides is 1. The van der Waals surface area contributed by atoms with Gasteiger partial charge in [-0.15, -0.1) is 0 Å². The Kier molecular flexibility index (Phi) is 3.37. The summed E-state index contributed by atoms with van der Waals surface area (Å²) < 4.78 is 0. The van der Waals surface area contributed by atoms with Gasteiger partial charge < -0.3 is 5.32 Å². The molecule has 3 aliphatic heterocycles. The van der Waals surface area contributed by atoms with Gasteiger partial charge in [-0.1, -0.05) is 12.1 Å². The summed E-state index contributed by atoms with van der Waals surface area (Å²) in [6, 6.07) is 6.81. The predicted octanol–water partition coefficient (Wildman–Crippen LogP) is 1.70. The van der Waals surface area contributed by atoms with Gasteiger partial charge in [-0.05, 0) is 50.4 Å². The number of rotatable bonds is 3. The van der Waals surface area contributed by atoms with Gasteiger partial charge in [0, 0.05) is 17.5 Å². The number of fused-ring (bicyclic) bond motifs is 4. The third-order valence-electron chi connectivity index (χ3n) is 5.38. The van der Waals surface area contributed by atoms with Crippen molar-refractivity contribution in [3.05, 3.63) is 30.0 Å². The van der Waals surface area contributed by atoms with Gasteiger partial charge in [0.15, 0.2) is 0 Å². The summed E-state index contributed by atoms with van der Waals surface area (Å²) in [5, 5.41) is 11.3. The van der Waals surface area contributed by atoms with Crippen molar-refractivity contribution in [1.82, 2.24) is 20.4 Å². The van der Waals surface area contributed by atoms with Crippen LogP contribution in [-0.4, -0.2) is 46.2 Å². The van der Waals surface area contributed by atoms with E-state index in [4.69, 9.17) is 0 Å². The molecule has 0 saturated carbocycles. The van der Waals surface area contributed by atoms with Gasteiger partial charge in [0.25, 0.3) is 0 Å². The average molecular weight is 298 g/mol. The molecule has 0 aliphatic carbocycles. The highest BCUT2D eigenvalue weighted by Gasteiger charge is 2.40. The second-order valence-corrected chi connectivity index (χ2v) is 6.68. The molecule has 5 nitrogen and oxygen atoms in total. The molecule has 3 aliphatic rings. The van der Waals surface area contributed by atoms with E-state index in [1.54, 1.807) is 6.20 Å². The lowest BCUT2D eigenvalue weighted by Gasteiger charge is -2.50. The van der Waals surface area contributed by atoms with Crippen LogP contribution in [0.1, 0.15) is 25.3 Å². The van der Waals surface area contributed by atoms with Gasteiger partial charge >= 0.3 is 0 Å². The number of nitrogens with zero attached hydrogens (tertiary/aromatic N) is 2. The van der Waals surface area contributed by atoms with Crippen molar-refractivity contribution in [3.8, 4) is 0 Å². The first-order valence-electron chi connectivity index (χ1n) is 8.16. The molecule has 2 N–H and O–H groups in total. The average Bonchev–Trinajstić information content (AvgIpc) is 2.99. The van der Waals surface area contributed by atoms with Crippen LogP contribution in [0.3, 0.4) is 0 Å². The Hall–Kier alpha value is -1.88. The van der Waals surface area contributed by atoms with E-state index in [1.807, 2.05) is 18.2 Å². The summed E-state index contributed by atoms with van der Waals surface area (Å²) in [6.45, 7) is 4.62. The molecule has 3 fully saturated rings. The summed E-state index contributed by atoms with van der Waals surface area (Å²) in [5.74, 6) is 0.781. The first-order valence-corrected chi connectivity index (χ1v) is 8.16. The number of nitrogens with one attached hydrogen (secondary N) is 2. The third kappa shape index (κ3) is 2.39. The quantitative estimate of drug-likeness (QED) is 0.907. The SMILES string of the molecule is C[C@@H]1[C@H](NC(=O)Cc2ccc3cn[nH]c3c2)C2CCN1CC2. The molecular weight excluding hydrogens is 276 g/mol. The summed E-state index contributed by atoms with van der Waals surface area (Å²) >= 11 is 0. The van der Waals surface area contributed by atoms with E-state index in [0.29, 0.717) is 24.4 Å². The standard InChI is InChI=1S/C17H22N4O/c1-11-17(13-4-6-21(11)7-5-13)19-16(22)9-12-2-3-14-10-18-20-15(14)8-12/h2-3,8,10-11,13,17H,4-7,9H2,1H3,(H,18,20)(H,19,22)/t11-,17+/m1/s1. The molecule has 116 valence electrons. The minimum Gasteiger partial charge on any atom is -0.351 e. The molecule has 0 spiro atoms. The molecule has 0 radical (unpaired) electrons. The zero-order valence-corrected chi connectivity index (χ0v) is 12.9. The van der Waals surface area contributed by atoms with Crippen LogP contribution >= 0.6 is 0 Å². The Bertz CT molecular complexity index is 685. The van der Waals surface area contributed by atoms with Crippen molar-refractivity contribution in [2.45, 2.75) is 38.3 Å². The Morgan fingerprint density at radius 2 is 2.23 bits per heavy atom. The zero-order chi connectivity index (χ0) is 15.1. The van der Waals surface area contributed by atoms with E-state index >= 15 is 0 Å². The minimum absolute atomic E-state index is 0.129. The van der Waals surface area contributed by atoms with Crippen molar-refractivity contribution >= 4 is 16.8 Å². The number of piperidine rings is 3.